The van der Waals surface area contributed by atoms with Crippen molar-refractivity contribution >= 4 is 0 Å². The second-order valence-corrected chi connectivity index (χ2v) is 3.17. The van der Waals surface area contributed by atoms with Crippen LogP contribution in [-0.4, -0.2) is 11.2 Å². The molecule has 1 unspecified atom stereocenters. The highest BCUT2D eigenvalue weighted by molar-refractivity contribution is 5.20. The fourth-order valence-corrected chi connectivity index (χ4v) is 1.56. The summed E-state index contributed by atoms with van der Waals surface area (Å²) in [6, 6.07) is 10.2. The van der Waals surface area contributed by atoms with Crippen molar-refractivity contribution < 1.29 is 5.11 Å². The Balaban J connectivity index is 2.80. The minimum absolute atomic E-state index is 0.252. The molecule has 0 aliphatic rings. The van der Waals surface area contributed by atoms with Gasteiger partial charge in [-0.1, -0.05) is 37.3 Å². The van der Waals surface area contributed by atoms with E-state index in [4.69, 9.17) is 0 Å². The predicted molar refractivity (Wildman–Crippen MR) is 51.2 cm³/mol. The molecule has 0 bridgehead atoms. The number of aliphatic hydroxyl groups is 1. The third-order valence-electron chi connectivity index (χ3n) is 2.25. The highest BCUT2D eigenvalue weighted by atomic mass is 16.3. The summed E-state index contributed by atoms with van der Waals surface area (Å²) in [6.45, 7) is 3.95. The fraction of sp³-hybridized carbons (Fsp3) is 0.455. The zero-order chi connectivity index (χ0) is 8.97. The van der Waals surface area contributed by atoms with E-state index >= 15 is 0 Å². The van der Waals surface area contributed by atoms with Gasteiger partial charge in [-0.15, -0.1) is 0 Å². The van der Waals surface area contributed by atoms with Gasteiger partial charge in [-0.05, 0) is 18.9 Å². The van der Waals surface area contributed by atoms with Gasteiger partial charge >= 0.3 is 0 Å². The molecule has 2 atom stereocenters. The Labute approximate surface area is 74.1 Å². The van der Waals surface area contributed by atoms with Gasteiger partial charge in [0.25, 0.3) is 0 Å². The Bertz CT molecular complexity index is 216. The second kappa shape index (κ2) is 4.27. The van der Waals surface area contributed by atoms with Crippen molar-refractivity contribution in [3.63, 3.8) is 0 Å². The maximum absolute atomic E-state index is 9.47. The van der Waals surface area contributed by atoms with Crippen molar-refractivity contribution in [2.45, 2.75) is 32.3 Å². The van der Waals surface area contributed by atoms with Gasteiger partial charge in [-0.3, -0.25) is 0 Å². The molecule has 0 fully saturated rings. The number of hydrogen-bond donors (Lipinski definition) is 1. The van der Waals surface area contributed by atoms with Gasteiger partial charge in [0.1, 0.15) is 0 Å². The SMILES string of the molecule is CCC(c1ccccc1)[C@@H](C)O. The molecule has 1 aromatic rings. The topological polar surface area (TPSA) is 20.2 Å². The van der Waals surface area contributed by atoms with E-state index in [1.807, 2.05) is 25.1 Å². The van der Waals surface area contributed by atoms with Crippen molar-refractivity contribution in [1.29, 1.82) is 0 Å². The van der Waals surface area contributed by atoms with E-state index in [0.29, 0.717) is 0 Å². The first-order chi connectivity index (χ1) is 5.75. The summed E-state index contributed by atoms with van der Waals surface area (Å²) in [6.07, 6.45) is 0.735. The van der Waals surface area contributed by atoms with Crippen molar-refractivity contribution in [2.75, 3.05) is 0 Å². The molecule has 1 nitrogen and oxygen atoms in total. The zero-order valence-corrected chi connectivity index (χ0v) is 7.70. The molecule has 66 valence electrons. The summed E-state index contributed by atoms with van der Waals surface area (Å²) in [7, 11) is 0. The third kappa shape index (κ3) is 2.08. The standard InChI is InChI=1S/C11H16O/c1-3-11(9(2)12)10-7-5-4-6-8-10/h4-9,11-12H,3H2,1-2H3/t9-,11?/m1/s1. The Morgan fingerprint density at radius 2 is 1.83 bits per heavy atom. The van der Waals surface area contributed by atoms with Crippen molar-refractivity contribution in [1.82, 2.24) is 0 Å². The van der Waals surface area contributed by atoms with E-state index in [2.05, 4.69) is 19.1 Å². The lowest BCUT2D eigenvalue weighted by molar-refractivity contribution is 0.160. The molecule has 0 spiro atoms. The normalized spacial score (nSPS) is 15.6. The average Bonchev–Trinajstić information content (AvgIpc) is 2.07. The first kappa shape index (κ1) is 9.27. The highest BCUT2D eigenvalue weighted by Crippen LogP contribution is 2.22. The van der Waals surface area contributed by atoms with Gasteiger partial charge in [0.15, 0.2) is 0 Å². The lowest BCUT2D eigenvalue weighted by atomic mass is 9.92. The molecule has 0 aromatic heterocycles. The summed E-state index contributed by atoms with van der Waals surface area (Å²) in [5.74, 6) is 0.284. The van der Waals surface area contributed by atoms with E-state index in [9.17, 15) is 5.11 Å². The minimum atomic E-state index is -0.252. The Kier molecular flexibility index (Phi) is 3.30. The summed E-state index contributed by atoms with van der Waals surface area (Å²) < 4.78 is 0. The first-order valence-corrected chi connectivity index (χ1v) is 4.48. The molecule has 0 saturated heterocycles. The van der Waals surface area contributed by atoms with E-state index < -0.39 is 0 Å². The molecule has 0 radical (unpaired) electrons. The molecular weight excluding hydrogens is 148 g/mol. The van der Waals surface area contributed by atoms with Gasteiger partial charge < -0.3 is 5.11 Å². The van der Waals surface area contributed by atoms with Gasteiger partial charge in [-0.25, -0.2) is 0 Å². The summed E-state index contributed by atoms with van der Waals surface area (Å²) >= 11 is 0. The minimum Gasteiger partial charge on any atom is -0.393 e. The van der Waals surface area contributed by atoms with Crippen LogP contribution in [0.25, 0.3) is 0 Å². The van der Waals surface area contributed by atoms with Gasteiger partial charge in [-0.2, -0.15) is 0 Å². The van der Waals surface area contributed by atoms with Gasteiger partial charge in [0.2, 0.25) is 0 Å². The van der Waals surface area contributed by atoms with Crippen LogP contribution in [0.2, 0.25) is 0 Å². The van der Waals surface area contributed by atoms with Gasteiger partial charge in [0.05, 0.1) is 6.10 Å². The van der Waals surface area contributed by atoms with Crippen molar-refractivity contribution in [3.8, 4) is 0 Å². The van der Waals surface area contributed by atoms with Gasteiger partial charge in [0, 0.05) is 5.92 Å². The van der Waals surface area contributed by atoms with Crippen LogP contribution in [0, 0.1) is 0 Å². The Morgan fingerprint density at radius 3 is 2.25 bits per heavy atom. The highest BCUT2D eigenvalue weighted by Gasteiger charge is 2.13. The molecule has 0 amide bonds. The van der Waals surface area contributed by atoms with Crippen LogP contribution >= 0.6 is 0 Å². The molecule has 12 heavy (non-hydrogen) atoms. The molecule has 1 aromatic carbocycles. The van der Waals surface area contributed by atoms with Crippen LogP contribution in [0.3, 0.4) is 0 Å². The lowest BCUT2D eigenvalue weighted by Crippen LogP contribution is -2.13. The maximum Gasteiger partial charge on any atom is 0.0580 e. The van der Waals surface area contributed by atoms with Crippen LogP contribution in [0.15, 0.2) is 30.3 Å². The van der Waals surface area contributed by atoms with Crippen LogP contribution in [0.5, 0.6) is 0 Å². The average molecular weight is 164 g/mol. The fourth-order valence-electron chi connectivity index (χ4n) is 1.56. The van der Waals surface area contributed by atoms with E-state index in [0.717, 1.165) is 6.42 Å². The predicted octanol–water partition coefficient (Wildman–Crippen LogP) is 2.56. The van der Waals surface area contributed by atoms with Crippen LogP contribution in [0.1, 0.15) is 31.7 Å². The third-order valence-corrected chi connectivity index (χ3v) is 2.25. The monoisotopic (exact) mass is 164 g/mol. The molecule has 0 saturated carbocycles. The molecule has 0 heterocycles. The summed E-state index contributed by atoms with van der Waals surface area (Å²) in [5, 5.41) is 9.47. The number of aliphatic hydroxyl groups excluding tert-OH is 1. The molecule has 1 heteroatoms. The van der Waals surface area contributed by atoms with Crippen LogP contribution in [-0.2, 0) is 0 Å². The number of rotatable bonds is 3. The van der Waals surface area contributed by atoms with Crippen LogP contribution in [0.4, 0.5) is 0 Å². The molecule has 1 rings (SSSR count). The molecule has 0 aliphatic carbocycles. The van der Waals surface area contributed by atoms with Crippen molar-refractivity contribution in [2.24, 2.45) is 0 Å². The van der Waals surface area contributed by atoms with E-state index in [1.54, 1.807) is 0 Å². The smallest absolute Gasteiger partial charge is 0.0580 e. The molecular formula is C11H16O. The quantitative estimate of drug-likeness (QED) is 0.728. The first-order valence-electron chi connectivity index (χ1n) is 4.48. The summed E-state index contributed by atoms with van der Waals surface area (Å²) in [5.41, 5.74) is 1.23. The maximum atomic E-state index is 9.47. The number of hydrogen-bond acceptors (Lipinski definition) is 1. The molecule has 1 N–H and O–H groups in total. The summed E-state index contributed by atoms with van der Waals surface area (Å²) in [4.78, 5) is 0. The zero-order valence-electron chi connectivity index (χ0n) is 7.70. The Morgan fingerprint density at radius 1 is 1.25 bits per heavy atom. The Hall–Kier alpha value is -0.820. The van der Waals surface area contributed by atoms with Crippen LogP contribution < -0.4 is 0 Å². The largest absolute Gasteiger partial charge is 0.393 e. The van der Waals surface area contributed by atoms with E-state index in [-0.39, 0.29) is 12.0 Å². The molecule has 0 aliphatic heterocycles. The second-order valence-electron chi connectivity index (χ2n) is 3.17. The lowest BCUT2D eigenvalue weighted by Gasteiger charge is -2.17. The van der Waals surface area contributed by atoms with E-state index in [1.165, 1.54) is 5.56 Å². The van der Waals surface area contributed by atoms with Crippen molar-refractivity contribution in [3.05, 3.63) is 35.9 Å². The number of benzene rings is 1.